The standard InChI is InChI=1S/C24H37N3O3/c1-18(2)22(25-23(28)20-7-5-4-6-8-20)24(29)26(3)17-19-9-11-21(12-10-19)27-13-15-30-16-14-27/h9-12,18,20,22H,4-8,13-17H2,1-3H3,(H,25,28). The van der Waals surface area contributed by atoms with Crippen molar-refractivity contribution in [3.8, 4) is 0 Å². The van der Waals surface area contributed by atoms with Crippen LogP contribution < -0.4 is 10.2 Å². The Balaban J connectivity index is 1.57. The van der Waals surface area contributed by atoms with Gasteiger partial charge in [-0.05, 0) is 36.5 Å². The van der Waals surface area contributed by atoms with Crippen LogP contribution in [0, 0.1) is 11.8 Å². The van der Waals surface area contributed by atoms with Crippen LogP contribution >= 0.6 is 0 Å². The Hall–Kier alpha value is -2.08. The molecule has 1 aliphatic carbocycles. The molecule has 3 rings (SSSR count). The highest BCUT2D eigenvalue weighted by Gasteiger charge is 2.30. The largest absolute Gasteiger partial charge is 0.378 e. The molecule has 1 aromatic rings. The van der Waals surface area contributed by atoms with Gasteiger partial charge in [0.2, 0.25) is 11.8 Å². The molecule has 1 N–H and O–H groups in total. The smallest absolute Gasteiger partial charge is 0.245 e. The van der Waals surface area contributed by atoms with Crippen molar-refractivity contribution in [3.05, 3.63) is 29.8 Å². The first-order valence-electron chi connectivity index (χ1n) is 11.4. The zero-order valence-electron chi connectivity index (χ0n) is 18.7. The van der Waals surface area contributed by atoms with E-state index in [-0.39, 0.29) is 23.7 Å². The quantitative estimate of drug-likeness (QED) is 0.743. The molecular weight excluding hydrogens is 378 g/mol. The van der Waals surface area contributed by atoms with E-state index < -0.39 is 6.04 Å². The fourth-order valence-corrected chi connectivity index (χ4v) is 4.37. The molecule has 1 aromatic carbocycles. The van der Waals surface area contributed by atoms with Crippen LogP contribution in [0.5, 0.6) is 0 Å². The van der Waals surface area contributed by atoms with E-state index in [9.17, 15) is 9.59 Å². The molecule has 0 aromatic heterocycles. The first kappa shape index (κ1) is 22.6. The molecule has 2 amide bonds. The lowest BCUT2D eigenvalue weighted by atomic mass is 9.88. The van der Waals surface area contributed by atoms with E-state index in [0.29, 0.717) is 6.54 Å². The van der Waals surface area contributed by atoms with Crippen LogP contribution in [0.15, 0.2) is 24.3 Å². The highest BCUT2D eigenvalue weighted by molar-refractivity contribution is 5.88. The average Bonchev–Trinajstić information content (AvgIpc) is 2.78. The molecule has 30 heavy (non-hydrogen) atoms. The molecule has 6 heteroatoms. The average molecular weight is 416 g/mol. The van der Waals surface area contributed by atoms with Gasteiger partial charge < -0.3 is 19.9 Å². The van der Waals surface area contributed by atoms with Crippen molar-refractivity contribution in [1.82, 2.24) is 10.2 Å². The lowest BCUT2D eigenvalue weighted by molar-refractivity contribution is -0.138. The van der Waals surface area contributed by atoms with Crippen LogP contribution in [-0.4, -0.2) is 56.1 Å². The maximum Gasteiger partial charge on any atom is 0.245 e. The predicted octanol–water partition coefficient (Wildman–Crippen LogP) is 3.20. The number of anilines is 1. The number of carbonyl (C=O) groups excluding carboxylic acids is 2. The molecule has 2 fully saturated rings. The van der Waals surface area contributed by atoms with Gasteiger partial charge >= 0.3 is 0 Å². The van der Waals surface area contributed by atoms with Crippen LogP contribution in [0.4, 0.5) is 5.69 Å². The molecule has 1 aliphatic heterocycles. The topological polar surface area (TPSA) is 61.9 Å². The summed E-state index contributed by atoms with van der Waals surface area (Å²) < 4.78 is 5.42. The van der Waals surface area contributed by atoms with Gasteiger partial charge in [0.15, 0.2) is 0 Å². The molecule has 1 heterocycles. The van der Waals surface area contributed by atoms with Crippen LogP contribution in [0.2, 0.25) is 0 Å². The molecule has 0 radical (unpaired) electrons. The first-order valence-corrected chi connectivity index (χ1v) is 11.4. The van der Waals surface area contributed by atoms with Gasteiger partial charge in [0.05, 0.1) is 13.2 Å². The summed E-state index contributed by atoms with van der Waals surface area (Å²) in [6.45, 7) is 7.88. The Morgan fingerprint density at radius 3 is 2.33 bits per heavy atom. The lowest BCUT2D eigenvalue weighted by Gasteiger charge is -2.30. The third kappa shape index (κ3) is 5.97. The van der Waals surface area contributed by atoms with E-state index in [0.717, 1.165) is 57.6 Å². The predicted molar refractivity (Wildman–Crippen MR) is 119 cm³/mol. The van der Waals surface area contributed by atoms with E-state index >= 15 is 0 Å². The maximum atomic E-state index is 13.1. The van der Waals surface area contributed by atoms with Gasteiger partial charge in [0, 0.05) is 38.3 Å². The molecule has 1 saturated carbocycles. The molecule has 6 nitrogen and oxygen atoms in total. The molecule has 0 bridgehead atoms. The Morgan fingerprint density at radius 2 is 1.73 bits per heavy atom. The number of amides is 2. The molecule has 2 aliphatic rings. The lowest BCUT2D eigenvalue weighted by Crippen LogP contribution is -2.51. The fourth-order valence-electron chi connectivity index (χ4n) is 4.37. The van der Waals surface area contributed by atoms with Gasteiger partial charge in [-0.2, -0.15) is 0 Å². The summed E-state index contributed by atoms with van der Waals surface area (Å²) in [4.78, 5) is 29.9. The molecule has 1 atom stereocenters. The van der Waals surface area contributed by atoms with Gasteiger partial charge in [0.25, 0.3) is 0 Å². The van der Waals surface area contributed by atoms with Crippen LogP contribution in [0.1, 0.15) is 51.5 Å². The second-order valence-electron chi connectivity index (χ2n) is 9.03. The van der Waals surface area contributed by atoms with Crippen LogP contribution in [-0.2, 0) is 20.9 Å². The van der Waals surface area contributed by atoms with Crippen molar-refractivity contribution >= 4 is 17.5 Å². The summed E-state index contributed by atoms with van der Waals surface area (Å²) in [6.07, 6.45) is 5.31. The van der Waals surface area contributed by atoms with Gasteiger partial charge in [-0.1, -0.05) is 45.2 Å². The minimum Gasteiger partial charge on any atom is -0.378 e. The van der Waals surface area contributed by atoms with E-state index in [1.54, 1.807) is 4.90 Å². The van der Waals surface area contributed by atoms with Crippen molar-refractivity contribution in [2.24, 2.45) is 11.8 Å². The van der Waals surface area contributed by atoms with Crippen LogP contribution in [0.3, 0.4) is 0 Å². The second kappa shape index (κ2) is 10.8. The third-order valence-corrected chi connectivity index (χ3v) is 6.31. The molecule has 1 saturated heterocycles. The van der Waals surface area contributed by atoms with Crippen molar-refractivity contribution < 1.29 is 14.3 Å². The fraction of sp³-hybridized carbons (Fsp3) is 0.667. The second-order valence-corrected chi connectivity index (χ2v) is 9.03. The monoisotopic (exact) mass is 415 g/mol. The summed E-state index contributed by atoms with van der Waals surface area (Å²) in [5, 5.41) is 3.06. The molecular formula is C24H37N3O3. The number of nitrogens with zero attached hydrogens (tertiary/aromatic N) is 2. The van der Waals surface area contributed by atoms with E-state index in [4.69, 9.17) is 4.74 Å². The summed E-state index contributed by atoms with van der Waals surface area (Å²) in [5.41, 5.74) is 2.28. The van der Waals surface area contributed by atoms with E-state index in [2.05, 4.69) is 34.5 Å². The minimum atomic E-state index is -0.475. The molecule has 166 valence electrons. The van der Waals surface area contributed by atoms with Crippen molar-refractivity contribution in [2.45, 2.75) is 58.5 Å². The third-order valence-electron chi connectivity index (χ3n) is 6.31. The summed E-state index contributed by atoms with van der Waals surface area (Å²) in [6, 6.07) is 7.92. The Kier molecular flexibility index (Phi) is 8.14. The number of hydrogen-bond acceptors (Lipinski definition) is 4. The highest BCUT2D eigenvalue weighted by atomic mass is 16.5. The Bertz CT molecular complexity index is 692. The zero-order valence-corrected chi connectivity index (χ0v) is 18.7. The number of morpholine rings is 1. The maximum absolute atomic E-state index is 13.1. The number of nitrogens with one attached hydrogen (secondary N) is 1. The van der Waals surface area contributed by atoms with Gasteiger partial charge in [-0.3, -0.25) is 9.59 Å². The number of likely N-dealkylation sites (N-methyl/N-ethyl adjacent to an activating group) is 1. The Labute approximate surface area is 180 Å². The Morgan fingerprint density at radius 1 is 1.10 bits per heavy atom. The highest BCUT2D eigenvalue weighted by Crippen LogP contribution is 2.24. The first-order chi connectivity index (χ1) is 14.5. The van der Waals surface area contributed by atoms with Gasteiger partial charge in [-0.15, -0.1) is 0 Å². The van der Waals surface area contributed by atoms with Crippen molar-refractivity contribution in [1.29, 1.82) is 0 Å². The van der Waals surface area contributed by atoms with Gasteiger partial charge in [0.1, 0.15) is 6.04 Å². The number of ether oxygens (including phenoxy) is 1. The zero-order chi connectivity index (χ0) is 21.5. The van der Waals surface area contributed by atoms with E-state index in [1.807, 2.05) is 20.9 Å². The number of rotatable bonds is 7. The molecule has 0 spiro atoms. The number of hydrogen-bond donors (Lipinski definition) is 1. The summed E-state index contributed by atoms with van der Waals surface area (Å²) in [7, 11) is 1.82. The number of carbonyl (C=O) groups is 2. The van der Waals surface area contributed by atoms with Crippen molar-refractivity contribution in [2.75, 3.05) is 38.3 Å². The van der Waals surface area contributed by atoms with Crippen molar-refractivity contribution in [3.63, 3.8) is 0 Å². The summed E-state index contributed by atoms with van der Waals surface area (Å²) >= 11 is 0. The summed E-state index contributed by atoms with van der Waals surface area (Å²) in [5.74, 6) is 0.137. The molecule has 1 unspecified atom stereocenters. The SMILES string of the molecule is CC(C)C(NC(=O)C1CCCCC1)C(=O)N(C)Cc1ccc(N2CCOCC2)cc1. The number of benzene rings is 1. The van der Waals surface area contributed by atoms with E-state index in [1.165, 1.54) is 12.1 Å². The normalized spacial score (nSPS) is 18.9. The van der Waals surface area contributed by atoms with Gasteiger partial charge in [-0.25, -0.2) is 0 Å². The minimum absolute atomic E-state index is 0.0218. The van der Waals surface area contributed by atoms with Crippen LogP contribution in [0.25, 0.3) is 0 Å².